The van der Waals surface area contributed by atoms with Gasteiger partial charge in [-0.15, -0.1) is 30.6 Å². The first-order chi connectivity index (χ1) is 10.6. The fraction of sp³-hybridized carbons (Fsp3) is 0.400. The van der Waals surface area contributed by atoms with Crippen LogP contribution in [0.3, 0.4) is 0 Å². The lowest BCUT2D eigenvalue weighted by Gasteiger charge is -2.12. The largest absolute Gasteiger partial charge is 0.493 e. The Morgan fingerprint density at radius 3 is 2.83 bits per heavy atom. The average Bonchev–Trinajstić information content (AvgIpc) is 2.49. The van der Waals surface area contributed by atoms with Crippen molar-refractivity contribution in [3.05, 3.63) is 36.4 Å². The fourth-order valence-corrected chi connectivity index (χ4v) is 1.58. The van der Waals surface area contributed by atoms with Crippen molar-refractivity contribution in [3.63, 3.8) is 0 Å². The summed E-state index contributed by atoms with van der Waals surface area (Å²) in [5.41, 5.74) is 6.13. The van der Waals surface area contributed by atoms with Crippen molar-refractivity contribution in [1.82, 2.24) is 5.32 Å². The maximum absolute atomic E-state index is 12.5. The van der Waals surface area contributed by atoms with Crippen LogP contribution in [0.2, 0.25) is 0 Å². The van der Waals surface area contributed by atoms with Gasteiger partial charge in [-0.3, -0.25) is 0 Å². The van der Waals surface area contributed by atoms with E-state index in [1.54, 1.807) is 18.2 Å². The molecule has 0 saturated carbocycles. The molecule has 23 heavy (non-hydrogen) atoms. The van der Waals surface area contributed by atoms with Gasteiger partial charge in [0.1, 0.15) is 11.5 Å². The Bertz CT molecular complexity index is 513. The minimum absolute atomic E-state index is 0. The molecule has 0 aliphatic carbocycles. The molecule has 0 fully saturated rings. The summed E-state index contributed by atoms with van der Waals surface area (Å²) in [6.07, 6.45) is 2.45. The highest BCUT2D eigenvalue weighted by molar-refractivity contribution is 14.0. The van der Waals surface area contributed by atoms with Gasteiger partial charge in [-0.2, -0.15) is 8.78 Å². The van der Waals surface area contributed by atoms with Crippen LogP contribution in [0.5, 0.6) is 11.5 Å². The molecule has 0 atom stereocenters. The second-order valence-electron chi connectivity index (χ2n) is 4.37. The molecule has 0 unspecified atom stereocenters. The molecule has 0 aromatic heterocycles. The van der Waals surface area contributed by atoms with E-state index in [0.29, 0.717) is 24.5 Å². The zero-order valence-corrected chi connectivity index (χ0v) is 15.3. The van der Waals surface area contributed by atoms with Crippen molar-refractivity contribution < 1.29 is 18.3 Å². The number of halogens is 3. The van der Waals surface area contributed by atoms with Crippen LogP contribution in [0.4, 0.5) is 8.78 Å². The number of ether oxygens (including phenoxy) is 2. The first-order valence-electron chi connectivity index (χ1n) is 6.92. The highest BCUT2D eigenvalue weighted by Gasteiger charge is 2.11. The summed E-state index contributed by atoms with van der Waals surface area (Å²) >= 11 is 0. The van der Waals surface area contributed by atoms with Crippen molar-refractivity contribution in [2.45, 2.75) is 26.5 Å². The van der Waals surface area contributed by atoms with Crippen LogP contribution in [0.1, 0.15) is 18.9 Å². The Morgan fingerprint density at radius 1 is 1.48 bits per heavy atom. The molecule has 3 N–H and O–H groups in total. The predicted octanol–water partition coefficient (Wildman–Crippen LogP) is 3.29. The van der Waals surface area contributed by atoms with Gasteiger partial charge in [0.2, 0.25) is 0 Å². The van der Waals surface area contributed by atoms with Crippen molar-refractivity contribution in [3.8, 4) is 11.5 Å². The third-order valence-corrected chi connectivity index (χ3v) is 2.57. The topological polar surface area (TPSA) is 68.9 Å². The monoisotopic (exact) mass is 441 g/mol. The molecule has 8 heteroatoms. The maximum Gasteiger partial charge on any atom is 0.387 e. The van der Waals surface area contributed by atoms with Crippen molar-refractivity contribution in [2.75, 3.05) is 13.2 Å². The Labute approximate surface area is 152 Å². The summed E-state index contributed by atoms with van der Waals surface area (Å²) in [4.78, 5) is 4.06. The lowest BCUT2D eigenvalue weighted by molar-refractivity contribution is -0.0505. The van der Waals surface area contributed by atoms with Crippen LogP contribution in [0.15, 0.2) is 35.8 Å². The van der Waals surface area contributed by atoms with Crippen LogP contribution in [-0.4, -0.2) is 25.7 Å². The third kappa shape index (κ3) is 8.58. The molecule has 0 bridgehead atoms. The first kappa shape index (κ1) is 21.4. The van der Waals surface area contributed by atoms with Gasteiger partial charge in [-0.25, -0.2) is 4.99 Å². The van der Waals surface area contributed by atoms with E-state index in [2.05, 4.69) is 21.6 Å². The zero-order chi connectivity index (χ0) is 16.4. The Kier molecular flexibility index (Phi) is 11.1. The molecule has 0 amide bonds. The number of guanidine groups is 1. The molecule has 0 saturated heterocycles. The molecular formula is C15H22F2IN3O2. The lowest BCUT2D eigenvalue weighted by Crippen LogP contribution is -2.31. The fourth-order valence-electron chi connectivity index (χ4n) is 1.58. The molecule has 130 valence electrons. The summed E-state index contributed by atoms with van der Waals surface area (Å²) < 4.78 is 34.9. The number of aliphatic imine (C=N–C) groups is 1. The number of nitrogens with two attached hydrogens (primary N) is 1. The van der Waals surface area contributed by atoms with Crippen LogP contribution in [0.25, 0.3) is 0 Å². The molecule has 0 spiro atoms. The summed E-state index contributed by atoms with van der Waals surface area (Å²) in [6.45, 7) is 3.68. The van der Waals surface area contributed by atoms with Crippen LogP contribution < -0.4 is 20.5 Å². The smallest absolute Gasteiger partial charge is 0.387 e. The van der Waals surface area contributed by atoms with E-state index < -0.39 is 6.61 Å². The average molecular weight is 441 g/mol. The minimum Gasteiger partial charge on any atom is -0.493 e. The van der Waals surface area contributed by atoms with Crippen molar-refractivity contribution in [2.24, 2.45) is 10.7 Å². The molecule has 1 aromatic rings. The number of hydrogen-bond acceptors (Lipinski definition) is 3. The SMILES string of the molecule is C=CCNC(N)=NCc1ccc(OCCC)cc1OC(F)F.I. The van der Waals surface area contributed by atoms with E-state index in [1.807, 2.05) is 6.92 Å². The normalized spacial score (nSPS) is 10.9. The number of nitrogens with one attached hydrogen (secondary N) is 1. The van der Waals surface area contributed by atoms with Gasteiger partial charge in [0, 0.05) is 18.2 Å². The Morgan fingerprint density at radius 2 is 2.22 bits per heavy atom. The molecule has 0 heterocycles. The molecule has 0 aliphatic rings. The second kappa shape index (κ2) is 11.9. The maximum atomic E-state index is 12.5. The van der Waals surface area contributed by atoms with E-state index in [-0.39, 0.29) is 42.2 Å². The van der Waals surface area contributed by atoms with E-state index >= 15 is 0 Å². The van der Waals surface area contributed by atoms with Gasteiger partial charge in [-0.1, -0.05) is 13.0 Å². The van der Waals surface area contributed by atoms with Crippen LogP contribution in [-0.2, 0) is 6.54 Å². The van der Waals surface area contributed by atoms with E-state index in [0.717, 1.165) is 6.42 Å². The number of alkyl halides is 2. The predicted molar refractivity (Wildman–Crippen MR) is 97.8 cm³/mol. The number of rotatable bonds is 9. The van der Waals surface area contributed by atoms with Gasteiger partial charge in [0.05, 0.1) is 13.2 Å². The minimum atomic E-state index is -2.92. The second-order valence-corrected chi connectivity index (χ2v) is 4.37. The molecule has 0 aliphatic heterocycles. The third-order valence-electron chi connectivity index (χ3n) is 2.57. The molecule has 0 radical (unpaired) electrons. The van der Waals surface area contributed by atoms with Gasteiger partial charge < -0.3 is 20.5 Å². The first-order valence-corrected chi connectivity index (χ1v) is 6.92. The standard InChI is InChI=1S/C15H21F2N3O2.HI/c1-3-7-19-15(18)20-10-11-5-6-12(21-8-4-2)9-13(11)22-14(16)17;/h3,5-6,9,14H,1,4,7-8,10H2,2H3,(H3,18,19,20);1H. The van der Waals surface area contributed by atoms with Crippen molar-refractivity contribution >= 4 is 29.9 Å². The summed E-state index contributed by atoms with van der Waals surface area (Å²) in [7, 11) is 0. The number of hydrogen-bond donors (Lipinski definition) is 2. The highest BCUT2D eigenvalue weighted by Crippen LogP contribution is 2.27. The van der Waals surface area contributed by atoms with Crippen molar-refractivity contribution in [1.29, 1.82) is 0 Å². The van der Waals surface area contributed by atoms with E-state index in [1.165, 1.54) is 6.07 Å². The Hall–Kier alpha value is -1.58. The van der Waals surface area contributed by atoms with Gasteiger partial charge >= 0.3 is 6.61 Å². The van der Waals surface area contributed by atoms with E-state index in [4.69, 9.17) is 10.5 Å². The zero-order valence-electron chi connectivity index (χ0n) is 12.9. The quantitative estimate of drug-likeness (QED) is 0.267. The molecular weight excluding hydrogens is 419 g/mol. The number of nitrogens with zero attached hydrogens (tertiary/aromatic N) is 1. The van der Waals surface area contributed by atoms with Crippen LogP contribution in [0, 0.1) is 0 Å². The van der Waals surface area contributed by atoms with E-state index in [9.17, 15) is 8.78 Å². The van der Waals surface area contributed by atoms with Gasteiger partial charge in [0.25, 0.3) is 0 Å². The molecule has 1 rings (SSSR count). The molecule has 5 nitrogen and oxygen atoms in total. The van der Waals surface area contributed by atoms with Gasteiger partial charge in [-0.05, 0) is 18.6 Å². The molecule has 1 aromatic carbocycles. The summed E-state index contributed by atoms with van der Waals surface area (Å²) in [5, 5.41) is 2.80. The lowest BCUT2D eigenvalue weighted by atomic mass is 10.2. The van der Waals surface area contributed by atoms with Gasteiger partial charge in [0.15, 0.2) is 5.96 Å². The number of benzene rings is 1. The Balaban J connectivity index is 0.00000484. The summed E-state index contributed by atoms with van der Waals surface area (Å²) in [5.74, 6) is 0.709. The van der Waals surface area contributed by atoms with Crippen LogP contribution >= 0.6 is 24.0 Å². The summed E-state index contributed by atoms with van der Waals surface area (Å²) in [6, 6.07) is 4.75. The highest BCUT2D eigenvalue weighted by atomic mass is 127.